The van der Waals surface area contributed by atoms with Crippen LogP contribution in [0.25, 0.3) is 22.2 Å². The van der Waals surface area contributed by atoms with E-state index in [1.54, 1.807) is 35.4 Å². The molecular weight excluding hydrogens is 300 g/mol. The van der Waals surface area contributed by atoms with E-state index in [1.165, 1.54) is 0 Å². The highest BCUT2D eigenvalue weighted by Crippen LogP contribution is 2.18. The number of benzene rings is 1. The van der Waals surface area contributed by atoms with Crippen LogP contribution in [0.3, 0.4) is 0 Å². The highest BCUT2D eigenvalue weighted by atomic mass is 16.1. The third-order valence-corrected chi connectivity index (χ3v) is 3.90. The van der Waals surface area contributed by atoms with Gasteiger partial charge in [-0.2, -0.15) is 0 Å². The molecule has 5 nitrogen and oxygen atoms in total. The molecule has 0 radical (unpaired) electrons. The molecule has 0 saturated heterocycles. The zero-order valence-electron chi connectivity index (χ0n) is 12.8. The average molecular weight is 314 g/mol. The summed E-state index contributed by atoms with van der Waals surface area (Å²) in [5.41, 5.74) is 3.60. The maximum atomic E-state index is 12.5. The van der Waals surface area contributed by atoms with Crippen molar-refractivity contribution in [3.8, 4) is 11.1 Å². The summed E-state index contributed by atoms with van der Waals surface area (Å²) < 4.78 is 1.60. The summed E-state index contributed by atoms with van der Waals surface area (Å²) in [4.78, 5) is 25.0. The van der Waals surface area contributed by atoms with Gasteiger partial charge in [-0.3, -0.25) is 14.3 Å². The lowest BCUT2D eigenvalue weighted by Crippen LogP contribution is -2.21. The minimum atomic E-state index is -0.0792. The monoisotopic (exact) mass is 314 g/mol. The van der Waals surface area contributed by atoms with E-state index >= 15 is 0 Å². The fourth-order valence-electron chi connectivity index (χ4n) is 2.64. The molecule has 0 amide bonds. The normalized spacial score (nSPS) is 10.8. The maximum absolute atomic E-state index is 12.5. The van der Waals surface area contributed by atoms with E-state index in [-0.39, 0.29) is 5.56 Å². The number of hydrogen-bond acceptors (Lipinski definition) is 4. The molecule has 5 heteroatoms. The van der Waals surface area contributed by atoms with E-state index in [4.69, 9.17) is 0 Å². The maximum Gasteiger partial charge on any atom is 0.263 e. The third-order valence-electron chi connectivity index (χ3n) is 3.90. The van der Waals surface area contributed by atoms with Crippen molar-refractivity contribution in [3.05, 3.63) is 89.4 Å². The first-order chi connectivity index (χ1) is 11.8. The van der Waals surface area contributed by atoms with Gasteiger partial charge in [-0.15, -0.1) is 0 Å². The van der Waals surface area contributed by atoms with Gasteiger partial charge in [-0.25, -0.2) is 9.97 Å². The molecule has 4 rings (SSSR count). The first kappa shape index (κ1) is 14.3. The zero-order chi connectivity index (χ0) is 16.4. The Balaban J connectivity index is 1.64. The Hall–Kier alpha value is -3.34. The van der Waals surface area contributed by atoms with Gasteiger partial charge in [0.1, 0.15) is 6.33 Å². The molecule has 0 spiro atoms. The summed E-state index contributed by atoms with van der Waals surface area (Å²) in [6.07, 6.45) is 6.77. The van der Waals surface area contributed by atoms with Crippen molar-refractivity contribution < 1.29 is 0 Å². The molecule has 0 aliphatic carbocycles. The van der Waals surface area contributed by atoms with Gasteiger partial charge < -0.3 is 0 Å². The number of aromatic nitrogens is 4. The molecule has 1 aromatic carbocycles. The van der Waals surface area contributed by atoms with Crippen LogP contribution in [0, 0.1) is 0 Å². The lowest BCUT2D eigenvalue weighted by atomic mass is 10.1. The van der Waals surface area contributed by atoms with Gasteiger partial charge in [-0.05, 0) is 34.9 Å². The Morgan fingerprint density at radius 1 is 0.875 bits per heavy atom. The average Bonchev–Trinajstić information content (AvgIpc) is 2.66. The largest absolute Gasteiger partial charge is 0.294 e. The Morgan fingerprint density at radius 2 is 1.71 bits per heavy atom. The van der Waals surface area contributed by atoms with Crippen LogP contribution >= 0.6 is 0 Å². The Labute approximate surface area is 138 Å². The quantitative estimate of drug-likeness (QED) is 0.583. The van der Waals surface area contributed by atoms with Gasteiger partial charge in [0, 0.05) is 18.6 Å². The highest BCUT2D eigenvalue weighted by molar-refractivity contribution is 5.72. The summed E-state index contributed by atoms with van der Waals surface area (Å²) in [5, 5.41) is 0.534. The SMILES string of the molecule is O=c1c2cccnc2ncn1Cc1ccc(-c2cccnc2)cc1. The van der Waals surface area contributed by atoms with Crippen LogP contribution in [-0.4, -0.2) is 19.5 Å². The molecule has 0 fully saturated rings. The Morgan fingerprint density at radius 3 is 2.50 bits per heavy atom. The molecule has 0 aliphatic rings. The van der Waals surface area contributed by atoms with Gasteiger partial charge in [0.25, 0.3) is 5.56 Å². The molecule has 0 bridgehead atoms. The van der Waals surface area contributed by atoms with Crippen molar-refractivity contribution in [2.24, 2.45) is 0 Å². The fraction of sp³-hybridized carbons (Fsp3) is 0.0526. The van der Waals surface area contributed by atoms with Gasteiger partial charge in [0.2, 0.25) is 0 Å². The Bertz CT molecular complexity index is 1040. The highest BCUT2D eigenvalue weighted by Gasteiger charge is 2.05. The minimum absolute atomic E-state index is 0.0792. The number of fused-ring (bicyclic) bond motifs is 1. The Kier molecular flexibility index (Phi) is 3.59. The molecule has 0 aliphatic heterocycles. The third kappa shape index (κ3) is 2.67. The van der Waals surface area contributed by atoms with E-state index in [2.05, 4.69) is 15.0 Å². The van der Waals surface area contributed by atoms with Crippen LogP contribution in [0.5, 0.6) is 0 Å². The van der Waals surface area contributed by atoms with Crippen LogP contribution in [0.15, 0.2) is 78.2 Å². The molecule has 4 aromatic rings. The molecule has 116 valence electrons. The molecule has 24 heavy (non-hydrogen) atoms. The summed E-state index contributed by atoms with van der Waals surface area (Å²) >= 11 is 0. The lowest BCUT2D eigenvalue weighted by molar-refractivity contribution is 0.747. The van der Waals surface area contributed by atoms with Crippen molar-refractivity contribution in [1.29, 1.82) is 0 Å². The van der Waals surface area contributed by atoms with Gasteiger partial charge in [0.05, 0.1) is 11.9 Å². The van der Waals surface area contributed by atoms with Crippen molar-refractivity contribution >= 4 is 11.0 Å². The lowest BCUT2D eigenvalue weighted by Gasteiger charge is -2.07. The van der Waals surface area contributed by atoms with Crippen LogP contribution in [-0.2, 0) is 6.54 Å². The van der Waals surface area contributed by atoms with Gasteiger partial charge in [0.15, 0.2) is 5.65 Å². The second-order valence-electron chi connectivity index (χ2n) is 5.49. The number of pyridine rings is 2. The minimum Gasteiger partial charge on any atom is -0.294 e. The number of hydrogen-bond donors (Lipinski definition) is 0. The van der Waals surface area contributed by atoms with Crippen LogP contribution in [0.2, 0.25) is 0 Å². The van der Waals surface area contributed by atoms with Gasteiger partial charge >= 0.3 is 0 Å². The summed E-state index contributed by atoms with van der Waals surface area (Å²) in [6.45, 7) is 0.476. The molecule has 3 heterocycles. The van der Waals surface area contributed by atoms with Crippen molar-refractivity contribution in [2.75, 3.05) is 0 Å². The van der Waals surface area contributed by atoms with Crippen molar-refractivity contribution in [2.45, 2.75) is 6.54 Å². The standard InChI is InChI=1S/C19H14N4O/c24-19-17-4-2-10-21-18(17)22-13-23(19)12-14-5-7-15(8-6-14)16-3-1-9-20-11-16/h1-11,13H,12H2. The fourth-order valence-corrected chi connectivity index (χ4v) is 2.64. The first-order valence-electron chi connectivity index (χ1n) is 7.61. The molecule has 0 saturated carbocycles. The van der Waals surface area contributed by atoms with E-state index < -0.39 is 0 Å². The predicted molar refractivity (Wildman–Crippen MR) is 92.6 cm³/mol. The second-order valence-corrected chi connectivity index (χ2v) is 5.49. The second kappa shape index (κ2) is 6.04. The molecule has 0 N–H and O–H groups in total. The number of nitrogens with zero attached hydrogens (tertiary/aromatic N) is 4. The predicted octanol–water partition coefficient (Wildman–Crippen LogP) is 2.90. The smallest absolute Gasteiger partial charge is 0.263 e. The summed E-state index contributed by atoms with van der Waals surface area (Å²) in [7, 11) is 0. The topological polar surface area (TPSA) is 60.7 Å². The first-order valence-corrected chi connectivity index (χ1v) is 7.61. The molecule has 0 atom stereocenters. The van der Waals surface area contributed by atoms with E-state index in [0.717, 1.165) is 16.7 Å². The summed E-state index contributed by atoms with van der Waals surface area (Å²) in [6, 6.07) is 15.5. The van der Waals surface area contributed by atoms with E-state index in [0.29, 0.717) is 17.6 Å². The van der Waals surface area contributed by atoms with Crippen LogP contribution in [0.1, 0.15) is 5.56 Å². The summed E-state index contributed by atoms with van der Waals surface area (Å²) in [5.74, 6) is 0. The van der Waals surface area contributed by atoms with Crippen molar-refractivity contribution in [1.82, 2.24) is 19.5 Å². The van der Waals surface area contributed by atoms with E-state index in [9.17, 15) is 4.79 Å². The zero-order valence-corrected chi connectivity index (χ0v) is 12.8. The molecule has 0 unspecified atom stereocenters. The molecular formula is C19H14N4O. The molecule has 3 aromatic heterocycles. The van der Waals surface area contributed by atoms with E-state index in [1.807, 2.05) is 42.6 Å². The van der Waals surface area contributed by atoms with Crippen LogP contribution in [0.4, 0.5) is 0 Å². The number of rotatable bonds is 3. The van der Waals surface area contributed by atoms with Gasteiger partial charge in [-0.1, -0.05) is 30.3 Å². The van der Waals surface area contributed by atoms with Crippen molar-refractivity contribution in [3.63, 3.8) is 0 Å². The van der Waals surface area contributed by atoms with Crippen LogP contribution < -0.4 is 5.56 Å².